The number of rotatable bonds is 6. The molecule has 0 saturated carbocycles. The van der Waals surface area contributed by atoms with Crippen LogP contribution in [0.1, 0.15) is 34.6 Å². The van der Waals surface area contributed by atoms with Gasteiger partial charge in [-0.2, -0.15) is 0 Å². The van der Waals surface area contributed by atoms with Crippen LogP contribution in [-0.2, 0) is 11.3 Å². The summed E-state index contributed by atoms with van der Waals surface area (Å²) in [6, 6.07) is 1.98. The third-order valence-electron chi connectivity index (χ3n) is 4.32. The summed E-state index contributed by atoms with van der Waals surface area (Å²) in [6.07, 6.45) is 1.33. The van der Waals surface area contributed by atoms with E-state index in [4.69, 9.17) is 4.74 Å². The number of aromatic nitrogens is 1. The van der Waals surface area contributed by atoms with E-state index in [0.29, 0.717) is 13.2 Å². The predicted octanol–water partition coefficient (Wildman–Crippen LogP) is 1.39. The Bertz CT molecular complexity index is 488. The molecule has 0 amide bonds. The largest absolute Gasteiger partial charge is 0.393 e. The van der Waals surface area contributed by atoms with Gasteiger partial charge < -0.3 is 14.4 Å². The lowest BCUT2D eigenvalue weighted by atomic mass is 10.1. The highest BCUT2D eigenvalue weighted by atomic mass is 16.5. The zero-order valence-corrected chi connectivity index (χ0v) is 13.3. The number of hydrogen-bond acceptors (Lipinski definition) is 4. The van der Waals surface area contributed by atoms with Crippen molar-refractivity contribution in [1.29, 1.82) is 0 Å². The first-order chi connectivity index (χ1) is 10.0. The molecule has 2 rings (SSSR count). The van der Waals surface area contributed by atoms with E-state index in [9.17, 15) is 9.90 Å². The normalized spacial score (nSPS) is 17.3. The molecule has 0 unspecified atom stereocenters. The van der Waals surface area contributed by atoms with Crippen LogP contribution in [0.3, 0.4) is 0 Å². The fraction of sp³-hybridized carbons (Fsp3) is 0.688. The lowest BCUT2D eigenvalue weighted by Gasteiger charge is -2.28. The van der Waals surface area contributed by atoms with Crippen molar-refractivity contribution in [2.24, 2.45) is 0 Å². The van der Waals surface area contributed by atoms with Crippen molar-refractivity contribution in [3.8, 4) is 0 Å². The minimum Gasteiger partial charge on any atom is -0.393 e. The van der Waals surface area contributed by atoms with Gasteiger partial charge in [0.2, 0.25) is 0 Å². The molecule has 0 radical (unpaired) electrons. The maximum Gasteiger partial charge on any atom is 0.178 e. The van der Waals surface area contributed by atoms with Crippen LogP contribution >= 0.6 is 0 Å². The first-order valence-corrected chi connectivity index (χ1v) is 7.62. The molecule has 2 heterocycles. The van der Waals surface area contributed by atoms with Crippen molar-refractivity contribution in [2.75, 3.05) is 33.4 Å². The second kappa shape index (κ2) is 7.20. The Morgan fingerprint density at radius 2 is 2.05 bits per heavy atom. The molecule has 1 aromatic rings. The Balaban J connectivity index is 2.02. The molecule has 5 nitrogen and oxygen atoms in total. The number of Topliss-reactive ketones (excluding diaryl/α,β-unsaturated/α-hetero) is 1. The van der Waals surface area contributed by atoms with Crippen LogP contribution in [0, 0.1) is 13.8 Å². The molecule has 118 valence electrons. The fourth-order valence-electron chi connectivity index (χ4n) is 2.98. The van der Waals surface area contributed by atoms with Crippen LogP contribution in [0.2, 0.25) is 0 Å². The van der Waals surface area contributed by atoms with Gasteiger partial charge in [0.05, 0.1) is 19.3 Å². The molecule has 0 bridgehead atoms. The summed E-state index contributed by atoms with van der Waals surface area (Å²) in [7, 11) is 1.69. The summed E-state index contributed by atoms with van der Waals surface area (Å²) in [5.41, 5.74) is 2.93. The highest BCUT2D eigenvalue weighted by molar-refractivity contribution is 5.99. The Morgan fingerprint density at radius 1 is 1.38 bits per heavy atom. The summed E-state index contributed by atoms with van der Waals surface area (Å²) >= 11 is 0. The second-order valence-electron chi connectivity index (χ2n) is 5.86. The van der Waals surface area contributed by atoms with Crippen molar-refractivity contribution in [3.05, 3.63) is 23.0 Å². The van der Waals surface area contributed by atoms with Crippen LogP contribution in [0.25, 0.3) is 0 Å². The number of ketones is 1. The number of piperidine rings is 1. The number of likely N-dealkylation sites (tertiary alicyclic amines) is 1. The third-order valence-corrected chi connectivity index (χ3v) is 4.32. The van der Waals surface area contributed by atoms with Gasteiger partial charge in [-0.05, 0) is 32.8 Å². The number of aliphatic hydroxyl groups is 1. The Morgan fingerprint density at radius 3 is 2.67 bits per heavy atom. The average Bonchev–Trinajstić information content (AvgIpc) is 2.74. The van der Waals surface area contributed by atoms with Gasteiger partial charge in [0.15, 0.2) is 5.78 Å². The first kappa shape index (κ1) is 16.2. The minimum absolute atomic E-state index is 0.170. The van der Waals surface area contributed by atoms with Gasteiger partial charge in [0.1, 0.15) is 0 Å². The Hall–Kier alpha value is -1.17. The van der Waals surface area contributed by atoms with E-state index in [2.05, 4.69) is 9.47 Å². The van der Waals surface area contributed by atoms with E-state index < -0.39 is 0 Å². The van der Waals surface area contributed by atoms with Crippen LogP contribution in [0.15, 0.2) is 6.07 Å². The molecule has 0 atom stereocenters. The van der Waals surface area contributed by atoms with E-state index in [1.54, 1.807) is 7.11 Å². The molecule has 1 aromatic heterocycles. The zero-order valence-electron chi connectivity index (χ0n) is 13.3. The summed E-state index contributed by atoms with van der Waals surface area (Å²) in [6.45, 7) is 7.49. The van der Waals surface area contributed by atoms with Crippen molar-refractivity contribution < 1.29 is 14.6 Å². The number of methoxy groups -OCH3 is 1. The maximum atomic E-state index is 12.5. The van der Waals surface area contributed by atoms with Crippen LogP contribution in [0.5, 0.6) is 0 Å². The Labute approximate surface area is 126 Å². The number of carbonyl (C=O) groups is 1. The molecule has 21 heavy (non-hydrogen) atoms. The number of hydrogen-bond donors (Lipinski definition) is 1. The monoisotopic (exact) mass is 294 g/mol. The number of ether oxygens (including phenoxy) is 1. The van der Waals surface area contributed by atoms with E-state index in [0.717, 1.165) is 49.4 Å². The molecule has 0 spiro atoms. The molecule has 1 saturated heterocycles. The van der Waals surface area contributed by atoms with E-state index >= 15 is 0 Å². The van der Waals surface area contributed by atoms with Crippen LogP contribution < -0.4 is 0 Å². The van der Waals surface area contributed by atoms with Gasteiger partial charge >= 0.3 is 0 Å². The Kier molecular flexibility index (Phi) is 5.56. The van der Waals surface area contributed by atoms with Crippen molar-refractivity contribution in [3.63, 3.8) is 0 Å². The van der Waals surface area contributed by atoms with Gasteiger partial charge in [0.25, 0.3) is 0 Å². The summed E-state index contributed by atoms with van der Waals surface area (Å²) < 4.78 is 7.25. The van der Waals surface area contributed by atoms with Gasteiger partial charge in [-0.1, -0.05) is 0 Å². The van der Waals surface area contributed by atoms with E-state index in [1.165, 1.54) is 0 Å². The molecule has 5 heteroatoms. The highest BCUT2D eigenvalue weighted by Gasteiger charge is 2.22. The predicted molar refractivity (Wildman–Crippen MR) is 81.8 cm³/mol. The first-order valence-electron chi connectivity index (χ1n) is 7.62. The maximum absolute atomic E-state index is 12.5. The van der Waals surface area contributed by atoms with Gasteiger partial charge in [-0.3, -0.25) is 9.69 Å². The van der Waals surface area contributed by atoms with Crippen molar-refractivity contribution in [2.45, 2.75) is 39.3 Å². The second-order valence-corrected chi connectivity index (χ2v) is 5.86. The highest BCUT2D eigenvalue weighted by Crippen LogP contribution is 2.17. The van der Waals surface area contributed by atoms with Gasteiger partial charge in [-0.25, -0.2) is 0 Å². The molecule has 1 aliphatic heterocycles. The van der Waals surface area contributed by atoms with Crippen LogP contribution in [0.4, 0.5) is 0 Å². The lowest BCUT2D eigenvalue weighted by Crippen LogP contribution is -2.39. The van der Waals surface area contributed by atoms with Gasteiger partial charge in [-0.15, -0.1) is 0 Å². The molecule has 1 N–H and O–H groups in total. The topological polar surface area (TPSA) is 54.7 Å². The van der Waals surface area contributed by atoms with Crippen LogP contribution in [-0.4, -0.2) is 59.8 Å². The van der Waals surface area contributed by atoms with Gasteiger partial charge in [0, 0.05) is 43.7 Å². The molecule has 0 aromatic carbocycles. The molecule has 0 aliphatic carbocycles. The third kappa shape index (κ3) is 3.93. The summed E-state index contributed by atoms with van der Waals surface area (Å²) in [5, 5.41) is 9.52. The minimum atomic E-state index is -0.199. The standard InChI is InChI=1S/C16H26N2O3/c1-12-10-15(13(2)18(12)8-9-21-3)16(20)11-17-6-4-14(19)5-7-17/h10,14,19H,4-9,11H2,1-3H3. The number of aliphatic hydroxyl groups excluding tert-OH is 1. The molecule has 1 aliphatic rings. The van der Waals surface area contributed by atoms with E-state index in [1.807, 2.05) is 19.9 Å². The number of nitrogens with zero attached hydrogens (tertiary/aromatic N) is 2. The van der Waals surface area contributed by atoms with E-state index in [-0.39, 0.29) is 11.9 Å². The quantitative estimate of drug-likeness (QED) is 0.806. The average molecular weight is 294 g/mol. The van der Waals surface area contributed by atoms with Crippen molar-refractivity contribution >= 4 is 5.78 Å². The molecule has 1 fully saturated rings. The number of carbonyl (C=O) groups excluding carboxylic acids is 1. The fourth-order valence-corrected chi connectivity index (χ4v) is 2.98. The summed E-state index contributed by atoms with van der Waals surface area (Å²) in [4.78, 5) is 14.6. The molecular formula is C16H26N2O3. The lowest BCUT2D eigenvalue weighted by molar-refractivity contribution is 0.0710. The SMILES string of the molecule is COCCn1c(C)cc(C(=O)CN2CCC(O)CC2)c1C. The molecular weight excluding hydrogens is 268 g/mol. The smallest absolute Gasteiger partial charge is 0.178 e. The summed E-state index contributed by atoms with van der Waals surface area (Å²) in [5.74, 6) is 0.170. The number of aryl methyl sites for hydroxylation is 1. The zero-order chi connectivity index (χ0) is 15.4. The van der Waals surface area contributed by atoms with Crippen molar-refractivity contribution in [1.82, 2.24) is 9.47 Å².